The molecular weight excluding hydrogens is 376 g/mol. The van der Waals surface area contributed by atoms with Gasteiger partial charge in [0.1, 0.15) is 0 Å². The van der Waals surface area contributed by atoms with Crippen molar-refractivity contribution in [2.24, 2.45) is 0 Å². The Kier molecular flexibility index (Phi) is 5.02. The van der Waals surface area contributed by atoms with E-state index in [1.807, 2.05) is 4.72 Å². The maximum Gasteiger partial charge on any atom is 0.265 e. The Hall–Kier alpha value is -2.38. The molecule has 1 aliphatic rings. The van der Waals surface area contributed by atoms with Crippen molar-refractivity contribution in [2.75, 3.05) is 0 Å². The number of benzene rings is 2. The SMILES string of the molecule is Cc1ccccc1C(=O)NS(=O)(=O)c1ccc(C(=O)NC2CC2)c(Cl)c1. The first-order valence-corrected chi connectivity index (χ1v) is 9.87. The highest BCUT2D eigenvalue weighted by Gasteiger charge is 2.26. The van der Waals surface area contributed by atoms with Crippen molar-refractivity contribution in [3.8, 4) is 0 Å². The van der Waals surface area contributed by atoms with E-state index >= 15 is 0 Å². The van der Waals surface area contributed by atoms with E-state index in [0.717, 1.165) is 18.9 Å². The standard InChI is InChI=1S/C18H17ClN2O4S/c1-11-4-2-3-5-14(11)18(23)21-26(24,25)13-8-9-15(16(19)10-13)17(22)20-12-6-7-12/h2-5,8-10,12H,6-7H2,1H3,(H,20,22)(H,21,23). The Balaban J connectivity index is 1.80. The van der Waals surface area contributed by atoms with Gasteiger partial charge in [-0.25, -0.2) is 13.1 Å². The highest BCUT2D eigenvalue weighted by Crippen LogP contribution is 2.24. The summed E-state index contributed by atoms with van der Waals surface area (Å²) in [6.45, 7) is 1.71. The molecule has 1 fully saturated rings. The molecule has 0 radical (unpaired) electrons. The van der Waals surface area contributed by atoms with Crippen molar-refractivity contribution in [1.82, 2.24) is 10.0 Å². The van der Waals surface area contributed by atoms with Crippen LogP contribution < -0.4 is 10.0 Å². The summed E-state index contributed by atoms with van der Waals surface area (Å²) >= 11 is 6.07. The number of nitrogens with one attached hydrogen (secondary N) is 2. The third kappa shape index (κ3) is 4.05. The average molecular weight is 393 g/mol. The van der Waals surface area contributed by atoms with Crippen molar-refractivity contribution in [2.45, 2.75) is 30.7 Å². The molecule has 0 bridgehead atoms. The number of sulfonamides is 1. The van der Waals surface area contributed by atoms with E-state index in [4.69, 9.17) is 11.6 Å². The first-order chi connectivity index (χ1) is 12.3. The van der Waals surface area contributed by atoms with Gasteiger partial charge < -0.3 is 5.32 Å². The minimum Gasteiger partial charge on any atom is -0.349 e. The van der Waals surface area contributed by atoms with Gasteiger partial charge >= 0.3 is 0 Å². The largest absolute Gasteiger partial charge is 0.349 e. The molecule has 2 aromatic carbocycles. The quantitative estimate of drug-likeness (QED) is 0.818. The van der Waals surface area contributed by atoms with Gasteiger partial charge in [-0.15, -0.1) is 0 Å². The number of rotatable bonds is 5. The molecule has 0 saturated heterocycles. The molecule has 0 spiro atoms. The third-order valence-electron chi connectivity index (χ3n) is 4.02. The second-order valence-corrected chi connectivity index (χ2v) is 8.23. The molecule has 0 unspecified atom stereocenters. The molecule has 3 rings (SSSR count). The summed E-state index contributed by atoms with van der Waals surface area (Å²) in [4.78, 5) is 24.1. The van der Waals surface area contributed by atoms with Crippen LogP contribution in [-0.4, -0.2) is 26.3 Å². The van der Waals surface area contributed by atoms with Gasteiger partial charge in [-0.2, -0.15) is 0 Å². The summed E-state index contributed by atoms with van der Waals surface area (Å²) in [7, 11) is -4.12. The molecule has 1 aliphatic carbocycles. The average Bonchev–Trinajstić information content (AvgIpc) is 3.38. The molecule has 26 heavy (non-hydrogen) atoms. The summed E-state index contributed by atoms with van der Waals surface area (Å²) in [6, 6.07) is 10.6. The van der Waals surface area contributed by atoms with Crippen LogP contribution in [0.5, 0.6) is 0 Å². The normalized spacial score (nSPS) is 13.9. The van der Waals surface area contributed by atoms with Crippen molar-refractivity contribution in [3.05, 3.63) is 64.2 Å². The van der Waals surface area contributed by atoms with Crippen LogP contribution in [0, 0.1) is 6.92 Å². The van der Waals surface area contributed by atoms with Crippen LogP contribution >= 0.6 is 11.6 Å². The predicted molar refractivity (Wildman–Crippen MR) is 97.8 cm³/mol. The first kappa shape index (κ1) is 18.4. The lowest BCUT2D eigenvalue weighted by Gasteiger charge is -2.10. The van der Waals surface area contributed by atoms with Crippen LogP contribution in [-0.2, 0) is 10.0 Å². The van der Waals surface area contributed by atoms with E-state index in [1.54, 1.807) is 31.2 Å². The number of aryl methyl sites for hydroxylation is 1. The maximum atomic E-state index is 12.5. The topological polar surface area (TPSA) is 92.3 Å². The van der Waals surface area contributed by atoms with Crippen molar-refractivity contribution >= 4 is 33.4 Å². The molecule has 0 heterocycles. The number of halogens is 1. The minimum absolute atomic E-state index is 0.00867. The first-order valence-electron chi connectivity index (χ1n) is 8.01. The fraction of sp³-hybridized carbons (Fsp3) is 0.222. The Labute approximate surface area is 156 Å². The van der Waals surface area contributed by atoms with Crippen molar-refractivity contribution in [3.63, 3.8) is 0 Å². The lowest BCUT2D eigenvalue weighted by Crippen LogP contribution is -2.31. The van der Waals surface area contributed by atoms with Gasteiger partial charge in [-0.05, 0) is 49.6 Å². The molecule has 0 aliphatic heterocycles. The van der Waals surface area contributed by atoms with Crippen LogP contribution in [0.15, 0.2) is 47.4 Å². The molecule has 0 aromatic heterocycles. The van der Waals surface area contributed by atoms with Gasteiger partial charge in [-0.3, -0.25) is 9.59 Å². The molecule has 2 N–H and O–H groups in total. The highest BCUT2D eigenvalue weighted by atomic mass is 35.5. The summed E-state index contributed by atoms with van der Waals surface area (Å²) < 4.78 is 26.9. The second kappa shape index (κ2) is 7.09. The smallest absolute Gasteiger partial charge is 0.265 e. The van der Waals surface area contributed by atoms with E-state index < -0.39 is 15.9 Å². The summed E-state index contributed by atoms with van der Waals surface area (Å²) in [5, 5.41) is 2.80. The summed E-state index contributed by atoms with van der Waals surface area (Å²) in [5.74, 6) is -1.07. The molecule has 0 atom stereocenters. The van der Waals surface area contributed by atoms with E-state index in [2.05, 4.69) is 5.32 Å². The Morgan fingerprint density at radius 3 is 2.35 bits per heavy atom. The van der Waals surface area contributed by atoms with Gasteiger partial charge in [0.2, 0.25) is 0 Å². The van der Waals surface area contributed by atoms with Crippen molar-refractivity contribution < 1.29 is 18.0 Å². The Morgan fingerprint density at radius 2 is 1.73 bits per heavy atom. The zero-order valence-corrected chi connectivity index (χ0v) is 15.5. The summed E-state index contributed by atoms with van der Waals surface area (Å²) in [6.07, 6.45) is 1.86. The van der Waals surface area contributed by atoms with E-state index in [1.165, 1.54) is 12.1 Å². The monoisotopic (exact) mass is 392 g/mol. The fourth-order valence-corrected chi connectivity index (χ4v) is 3.72. The summed E-state index contributed by atoms with van der Waals surface area (Å²) in [5.41, 5.74) is 1.12. The molecule has 6 nitrogen and oxygen atoms in total. The molecular formula is C18H17ClN2O4S. The zero-order chi connectivity index (χ0) is 18.9. The van der Waals surface area contributed by atoms with Gasteiger partial charge in [0.05, 0.1) is 15.5 Å². The lowest BCUT2D eigenvalue weighted by molar-refractivity contribution is 0.0948. The van der Waals surface area contributed by atoms with Gasteiger partial charge in [0.25, 0.3) is 21.8 Å². The predicted octanol–water partition coefficient (Wildman–Crippen LogP) is 2.66. The third-order valence-corrected chi connectivity index (χ3v) is 5.67. The fourth-order valence-electron chi connectivity index (χ4n) is 2.40. The van der Waals surface area contributed by atoms with Crippen LogP contribution in [0.1, 0.15) is 39.1 Å². The Bertz CT molecular complexity index is 984. The minimum atomic E-state index is -4.12. The number of hydrogen-bond donors (Lipinski definition) is 2. The number of amides is 2. The number of hydrogen-bond acceptors (Lipinski definition) is 4. The van der Waals surface area contributed by atoms with Gasteiger partial charge in [0.15, 0.2) is 0 Å². The van der Waals surface area contributed by atoms with Crippen LogP contribution in [0.3, 0.4) is 0 Å². The number of carbonyl (C=O) groups excluding carboxylic acids is 2. The second-order valence-electron chi connectivity index (χ2n) is 6.14. The molecule has 136 valence electrons. The van der Waals surface area contributed by atoms with Crippen LogP contribution in [0.4, 0.5) is 0 Å². The van der Waals surface area contributed by atoms with Gasteiger partial charge in [0, 0.05) is 11.6 Å². The lowest BCUT2D eigenvalue weighted by atomic mass is 10.1. The Morgan fingerprint density at radius 1 is 1.04 bits per heavy atom. The molecule has 2 aromatic rings. The molecule has 1 saturated carbocycles. The molecule has 2 amide bonds. The van der Waals surface area contributed by atoms with Crippen LogP contribution in [0.25, 0.3) is 0 Å². The van der Waals surface area contributed by atoms with Crippen molar-refractivity contribution in [1.29, 1.82) is 0 Å². The highest BCUT2D eigenvalue weighted by molar-refractivity contribution is 7.90. The number of carbonyl (C=O) groups is 2. The van der Waals surface area contributed by atoms with E-state index in [0.29, 0.717) is 5.56 Å². The maximum absolute atomic E-state index is 12.5. The van der Waals surface area contributed by atoms with Gasteiger partial charge in [-0.1, -0.05) is 29.8 Å². The molecule has 8 heteroatoms. The van der Waals surface area contributed by atoms with E-state index in [9.17, 15) is 18.0 Å². The zero-order valence-electron chi connectivity index (χ0n) is 14.0. The van der Waals surface area contributed by atoms with Crippen LogP contribution in [0.2, 0.25) is 5.02 Å². The van der Waals surface area contributed by atoms with E-state index in [-0.39, 0.29) is 33.0 Å².